The number of anilines is 1. The van der Waals surface area contributed by atoms with Gasteiger partial charge in [-0.25, -0.2) is 0 Å². The molecule has 5 rings (SSSR count). The van der Waals surface area contributed by atoms with E-state index < -0.39 is 0 Å². The minimum atomic E-state index is 0.546. The molecule has 0 saturated heterocycles. The summed E-state index contributed by atoms with van der Waals surface area (Å²) in [6.07, 6.45) is 8.86. The Bertz CT molecular complexity index is 479. The molecule has 1 heterocycles. The van der Waals surface area contributed by atoms with Gasteiger partial charge >= 0.3 is 0 Å². The molecule has 4 saturated carbocycles. The van der Waals surface area contributed by atoms with Crippen LogP contribution in [0.4, 0.5) is 5.69 Å². The van der Waals surface area contributed by atoms with E-state index in [0.717, 1.165) is 35.7 Å². The zero-order valence-corrected chi connectivity index (χ0v) is 12.2. The van der Waals surface area contributed by atoms with Gasteiger partial charge in [0.1, 0.15) is 0 Å². The topological polar surface area (TPSA) is 43.8 Å². The summed E-state index contributed by atoms with van der Waals surface area (Å²) in [7, 11) is 0. The van der Waals surface area contributed by atoms with Gasteiger partial charge < -0.3 is 5.73 Å². The summed E-state index contributed by atoms with van der Waals surface area (Å²) in [5, 5.41) is 4.68. The number of nitrogens with zero attached hydrogens (tertiary/aromatic N) is 2. The summed E-state index contributed by atoms with van der Waals surface area (Å²) >= 11 is 0. The Hall–Kier alpha value is -0.990. The highest BCUT2D eigenvalue weighted by atomic mass is 15.3. The van der Waals surface area contributed by atoms with Gasteiger partial charge in [0, 0.05) is 6.54 Å². The zero-order valence-electron chi connectivity index (χ0n) is 12.2. The first-order valence-corrected chi connectivity index (χ1v) is 7.84. The summed E-state index contributed by atoms with van der Waals surface area (Å²) in [5.41, 5.74) is 9.70. The molecule has 0 spiro atoms. The molecule has 4 fully saturated rings. The van der Waals surface area contributed by atoms with Gasteiger partial charge in [-0.05, 0) is 75.5 Å². The van der Waals surface area contributed by atoms with Gasteiger partial charge in [-0.3, -0.25) is 4.68 Å². The monoisotopic (exact) mass is 259 g/mol. The Morgan fingerprint density at radius 3 is 2.05 bits per heavy atom. The summed E-state index contributed by atoms with van der Waals surface area (Å²) in [4.78, 5) is 0. The van der Waals surface area contributed by atoms with Crippen molar-refractivity contribution >= 4 is 5.69 Å². The normalized spacial score (nSPS) is 40.0. The molecule has 4 aliphatic rings. The van der Waals surface area contributed by atoms with Crippen LogP contribution in [-0.2, 0) is 6.54 Å². The molecule has 0 atom stereocenters. The van der Waals surface area contributed by atoms with E-state index in [1.807, 2.05) is 6.92 Å². The molecule has 3 heteroatoms. The summed E-state index contributed by atoms with van der Waals surface area (Å²) in [6, 6.07) is 0. The van der Waals surface area contributed by atoms with Crippen LogP contribution in [0.1, 0.15) is 49.9 Å². The lowest BCUT2D eigenvalue weighted by Crippen LogP contribution is -2.48. The lowest BCUT2D eigenvalue weighted by molar-refractivity contribution is -0.0638. The fraction of sp³-hybridized carbons (Fsp3) is 0.812. The Morgan fingerprint density at radius 1 is 1.11 bits per heavy atom. The van der Waals surface area contributed by atoms with E-state index >= 15 is 0 Å². The molecule has 4 aliphatic carbocycles. The van der Waals surface area contributed by atoms with Gasteiger partial charge in [0.15, 0.2) is 0 Å². The molecule has 3 nitrogen and oxygen atoms in total. The van der Waals surface area contributed by atoms with Crippen LogP contribution >= 0.6 is 0 Å². The number of hydrogen-bond acceptors (Lipinski definition) is 2. The predicted molar refractivity (Wildman–Crippen MR) is 76.7 cm³/mol. The minimum absolute atomic E-state index is 0.546. The molecule has 1 aromatic heterocycles. The number of rotatable bonds is 2. The number of aromatic nitrogens is 2. The molecular weight excluding hydrogens is 234 g/mol. The predicted octanol–water partition coefficient (Wildman–Crippen LogP) is 3.30. The maximum Gasteiger partial charge on any atom is 0.0825 e. The van der Waals surface area contributed by atoms with Crippen LogP contribution in [0.15, 0.2) is 0 Å². The van der Waals surface area contributed by atoms with E-state index in [4.69, 9.17) is 5.73 Å². The van der Waals surface area contributed by atoms with Crippen LogP contribution in [0.3, 0.4) is 0 Å². The fourth-order valence-corrected chi connectivity index (χ4v) is 5.67. The lowest BCUT2D eigenvalue weighted by atomic mass is 9.49. The smallest absolute Gasteiger partial charge is 0.0825 e. The van der Waals surface area contributed by atoms with Crippen LogP contribution in [-0.4, -0.2) is 9.78 Å². The number of nitrogen functional groups attached to an aromatic ring is 1. The van der Waals surface area contributed by atoms with Crippen molar-refractivity contribution in [3.8, 4) is 0 Å². The van der Waals surface area contributed by atoms with Gasteiger partial charge in [0.2, 0.25) is 0 Å². The molecule has 1 aromatic rings. The van der Waals surface area contributed by atoms with Crippen molar-refractivity contribution in [2.45, 2.75) is 58.9 Å². The number of hydrogen-bond donors (Lipinski definition) is 1. The Morgan fingerprint density at radius 2 is 1.63 bits per heavy atom. The number of nitrogens with two attached hydrogens (primary N) is 1. The van der Waals surface area contributed by atoms with E-state index in [0.29, 0.717) is 5.41 Å². The zero-order chi connectivity index (χ0) is 13.2. The first-order chi connectivity index (χ1) is 9.05. The van der Waals surface area contributed by atoms with Crippen molar-refractivity contribution in [1.29, 1.82) is 0 Å². The molecule has 0 radical (unpaired) electrons. The molecule has 0 amide bonds. The van der Waals surface area contributed by atoms with E-state index in [2.05, 4.69) is 16.7 Å². The van der Waals surface area contributed by atoms with Crippen molar-refractivity contribution in [2.24, 2.45) is 23.2 Å². The highest BCUT2D eigenvalue weighted by molar-refractivity contribution is 5.46. The Labute approximate surface area is 115 Å². The van der Waals surface area contributed by atoms with Crippen molar-refractivity contribution in [1.82, 2.24) is 9.78 Å². The molecule has 4 bridgehead atoms. The second-order valence-electron chi connectivity index (χ2n) is 7.66. The minimum Gasteiger partial charge on any atom is -0.396 e. The summed E-state index contributed by atoms with van der Waals surface area (Å²) in [5.74, 6) is 3.04. The molecule has 19 heavy (non-hydrogen) atoms. The van der Waals surface area contributed by atoms with Crippen LogP contribution in [0.25, 0.3) is 0 Å². The lowest BCUT2D eigenvalue weighted by Gasteiger charge is -2.56. The summed E-state index contributed by atoms with van der Waals surface area (Å²) < 4.78 is 2.21. The molecule has 104 valence electrons. The SMILES string of the molecule is Cc1nn(CC23CC4CC(CC(C4)C2)C3)c(C)c1N. The maximum absolute atomic E-state index is 6.09. The van der Waals surface area contributed by atoms with Gasteiger partial charge in [-0.15, -0.1) is 0 Å². The quantitative estimate of drug-likeness (QED) is 0.885. The van der Waals surface area contributed by atoms with E-state index in [1.165, 1.54) is 44.2 Å². The second kappa shape index (κ2) is 3.77. The molecule has 0 aliphatic heterocycles. The largest absolute Gasteiger partial charge is 0.396 e. The van der Waals surface area contributed by atoms with Crippen molar-refractivity contribution < 1.29 is 0 Å². The average molecular weight is 259 g/mol. The van der Waals surface area contributed by atoms with E-state index in [1.54, 1.807) is 0 Å². The highest BCUT2D eigenvalue weighted by Crippen LogP contribution is 2.60. The van der Waals surface area contributed by atoms with Gasteiger partial charge in [-0.2, -0.15) is 5.10 Å². The molecule has 0 unspecified atom stereocenters. The first kappa shape index (κ1) is 11.8. The Kier molecular flexibility index (Phi) is 2.34. The van der Waals surface area contributed by atoms with Gasteiger partial charge in [0.05, 0.1) is 17.1 Å². The van der Waals surface area contributed by atoms with Crippen LogP contribution in [0, 0.1) is 37.0 Å². The fourth-order valence-electron chi connectivity index (χ4n) is 5.67. The number of aryl methyl sites for hydroxylation is 1. The third-order valence-corrected chi connectivity index (χ3v) is 6.09. The van der Waals surface area contributed by atoms with Crippen molar-refractivity contribution in [3.63, 3.8) is 0 Å². The highest BCUT2D eigenvalue weighted by Gasteiger charge is 2.51. The van der Waals surface area contributed by atoms with Crippen LogP contribution in [0.5, 0.6) is 0 Å². The molecule has 2 N–H and O–H groups in total. The van der Waals surface area contributed by atoms with Crippen molar-refractivity contribution in [3.05, 3.63) is 11.4 Å². The van der Waals surface area contributed by atoms with Gasteiger partial charge in [-0.1, -0.05) is 0 Å². The van der Waals surface area contributed by atoms with Crippen molar-refractivity contribution in [2.75, 3.05) is 5.73 Å². The standard InChI is InChI=1S/C16H25N3/c1-10-15(17)11(2)19(18-10)9-16-6-12-3-13(7-16)5-14(4-12)8-16/h12-14H,3-9,17H2,1-2H3. The Balaban J connectivity index is 1.64. The molecular formula is C16H25N3. The third-order valence-electron chi connectivity index (χ3n) is 6.09. The van der Waals surface area contributed by atoms with Crippen LogP contribution in [0.2, 0.25) is 0 Å². The second-order valence-corrected chi connectivity index (χ2v) is 7.66. The first-order valence-electron chi connectivity index (χ1n) is 7.84. The third kappa shape index (κ3) is 1.73. The maximum atomic E-state index is 6.09. The van der Waals surface area contributed by atoms with E-state index in [-0.39, 0.29) is 0 Å². The molecule has 0 aromatic carbocycles. The van der Waals surface area contributed by atoms with Gasteiger partial charge in [0.25, 0.3) is 0 Å². The van der Waals surface area contributed by atoms with Crippen LogP contribution < -0.4 is 5.73 Å². The average Bonchev–Trinajstić information content (AvgIpc) is 2.54. The summed E-state index contributed by atoms with van der Waals surface area (Å²) in [6.45, 7) is 5.26. The van der Waals surface area contributed by atoms with E-state index in [9.17, 15) is 0 Å².